The highest BCUT2D eigenvalue weighted by Gasteiger charge is 2.34. The molecule has 0 unspecified atom stereocenters. The molecule has 1 aromatic rings. The highest BCUT2D eigenvalue weighted by Crippen LogP contribution is 2.31. The fourth-order valence-electron chi connectivity index (χ4n) is 2.63. The Morgan fingerprint density at radius 2 is 2.05 bits per heavy atom. The van der Waals surface area contributed by atoms with E-state index in [1.54, 1.807) is 6.07 Å². The third-order valence-electron chi connectivity index (χ3n) is 3.74. The Hall–Kier alpha value is -0.430. The van der Waals surface area contributed by atoms with Gasteiger partial charge in [0.2, 0.25) is 0 Å². The van der Waals surface area contributed by atoms with E-state index in [1.165, 1.54) is 11.3 Å². The second-order valence-electron chi connectivity index (χ2n) is 5.82. The molecule has 1 aliphatic carbocycles. The molecule has 1 aliphatic rings. The van der Waals surface area contributed by atoms with E-state index in [0.29, 0.717) is 4.21 Å². The lowest BCUT2D eigenvalue weighted by Gasteiger charge is -2.24. The Labute approximate surface area is 126 Å². The van der Waals surface area contributed by atoms with E-state index >= 15 is 0 Å². The average molecular weight is 316 g/mol. The van der Waals surface area contributed by atoms with E-state index in [2.05, 4.69) is 17.0 Å². The largest absolute Gasteiger partial charge is 0.313 e. The third-order valence-corrected chi connectivity index (χ3v) is 6.87. The number of nitrogens with one attached hydrogen (secondary N) is 2. The number of rotatable bonds is 7. The van der Waals surface area contributed by atoms with Crippen LogP contribution in [0, 0.1) is 0 Å². The lowest BCUT2D eigenvalue weighted by atomic mass is 10.0. The van der Waals surface area contributed by atoms with Crippen molar-refractivity contribution >= 4 is 21.4 Å². The van der Waals surface area contributed by atoms with Gasteiger partial charge >= 0.3 is 0 Å². The summed E-state index contributed by atoms with van der Waals surface area (Å²) in [6, 6.07) is 1.79. The van der Waals surface area contributed by atoms with Crippen molar-refractivity contribution in [2.75, 3.05) is 6.54 Å². The van der Waals surface area contributed by atoms with E-state index in [1.807, 2.05) is 12.3 Å². The molecule has 2 rings (SSSR count). The molecule has 4 nitrogen and oxygen atoms in total. The van der Waals surface area contributed by atoms with Gasteiger partial charge in [-0.2, -0.15) is 0 Å². The van der Waals surface area contributed by atoms with Crippen LogP contribution in [-0.2, 0) is 16.6 Å². The highest BCUT2D eigenvalue weighted by molar-refractivity contribution is 7.91. The van der Waals surface area contributed by atoms with Gasteiger partial charge in [-0.25, -0.2) is 13.1 Å². The molecule has 1 heterocycles. The van der Waals surface area contributed by atoms with Crippen LogP contribution in [0.25, 0.3) is 0 Å². The molecule has 0 bridgehead atoms. The zero-order valence-corrected chi connectivity index (χ0v) is 13.9. The normalized spacial score (nSPS) is 18.5. The molecular weight excluding hydrogens is 292 g/mol. The van der Waals surface area contributed by atoms with Crippen molar-refractivity contribution in [2.45, 2.75) is 62.2 Å². The van der Waals surface area contributed by atoms with Gasteiger partial charge in [-0.15, -0.1) is 11.3 Å². The van der Waals surface area contributed by atoms with E-state index in [0.717, 1.165) is 50.8 Å². The molecule has 0 saturated heterocycles. The maximum absolute atomic E-state index is 12.4. The molecular formula is C14H24N2O2S2. The number of sulfonamides is 1. The molecule has 20 heavy (non-hydrogen) atoms. The van der Waals surface area contributed by atoms with Gasteiger partial charge in [0, 0.05) is 12.1 Å². The summed E-state index contributed by atoms with van der Waals surface area (Å²) in [5.41, 5.74) is 0.782. The summed E-state index contributed by atoms with van der Waals surface area (Å²) >= 11 is 1.31. The fourth-order valence-corrected chi connectivity index (χ4v) is 5.30. The van der Waals surface area contributed by atoms with E-state index in [4.69, 9.17) is 0 Å². The van der Waals surface area contributed by atoms with Crippen LogP contribution in [0.2, 0.25) is 0 Å². The summed E-state index contributed by atoms with van der Waals surface area (Å²) in [5.74, 6) is 0. The lowest BCUT2D eigenvalue weighted by Crippen LogP contribution is -2.43. The molecule has 6 heteroatoms. The molecule has 0 amide bonds. The molecule has 0 aromatic carbocycles. The van der Waals surface area contributed by atoms with Gasteiger partial charge in [0.05, 0.1) is 0 Å². The summed E-state index contributed by atoms with van der Waals surface area (Å²) < 4.78 is 28.2. The monoisotopic (exact) mass is 316 g/mol. The van der Waals surface area contributed by atoms with Gasteiger partial charge in [0.25, 0.3) is 10.0 Å². The average Bonchev–Trinajstić information content (AvgIpc) is 2.98. The number of hydrogen-bond donors (Lipinski definition) is 2. The molecule has 0 radical (unpaired) electrons. The second kappa shape index (κ2) is 6.56. The SMILES string of the molecule is CCCNCc1csc(S(=O)(=O)NC2(C)CCCC2)c1. The molecule has 0 aliphatic heterocycles. The van der Waals surface area contributed by atoms with Gasteiger partial charge in [0.15, 0.2) is 0 Å². The zero-order chi connectivity index (χ0) is 14.6. The smallest absolute Gasteiger partial charge is 0.250 e. The van der Waals surface area contributed by atoms with Crippen LogP contribution in [0.4, 0.5) is 0 Å². The molecule has 1 aromatic heterocycles. The molecule has 0 atom stereocenters. The summed E-state index contributed by atoms with van der Waals surface area (Å²) in [4.78, 5) is 0. The van der Waals surface area contributed by atoms with Crippen molar-refractivity contribution < 1.29 is 8.42 Å². The fraction of sp³-hybridized carbons (Fsp3) is 0.714. The van der Waals surface area contributed by atoms with Crippen molar-refractivity contribution in [1.82, 2.24) is 10.0 Å². The summed E-state index contributed by atoms with van der Waals surface area (Å²) in [5, 5.41) is 5.21. The lowest BCUT2D eigenvalue weighted by molar-refractivity contribution is 0.428. The van der Waals surface area contributed by atoms with Gasteiger partial charge < -0.3 is 5.32 Å². The Kier molecular flexibility index (Phi) is 5.23. The molecule has 1 fully saturated rings. The highest BCUT2D eigenvalue weighted by atomic mass is 32.2. The molecule has 114 valence electrons. The minimum atomic E-state index is -3.37. The van der Waals surface area contributed by atoms with E-state index in [-0.39, 0.29) is 5.54 Å². The van der Waals surface area contributed by atoms with Gasteiger partial charge in [-0.1, -0.05) is 19.8 Å². The van der Waals surface area contributed by atoms with Gasteiger partial charge in [-0.3, -0.25) is 0 Å². The Morgan fingerprint density at radius 3 is 2.70 bits per heavy atom. The van der Waals surface area contributed by atoms with Gasteiger partial charge in [0.1, 0.15) is 4.21 Å². The van der Waals surface area contributed by atoms with Crippen molar-refractivity contribution in [3.8, 4) is 0 Å². The molecule has 2 N–H and O–H groups in total. The van der Waals surface area contributed by atoms with Crippen LogP contribution in [0.3, 0.4) is 0 Å². The third kappa shape index (κ3) is 4.04. The van der Waals surface area contributed by atoms with Gasteiger partial charge in [-0.05, 0) is 49.7 Å². The Morgan fingerprint density at radius 1 is 1.35 bits per heavy atom. The minimum absolute atomic E-state index is 0.260. The predicted octanol–water partition coefficient (Wildman–Crippen LogP) is 2.86. The van der Waals surface area contributed by atoms with Crippen LogP contribution in [0.5, 0.6) is 0 Å². The van der Waals surface area contributed by atoms with Crippen LogP contribution >= 0.6 is 11.3 Å². The van der Waals surface area contributed by atoms with Crippen LogP contribution < -0.4 is 10.0 Å². The van der Waals surface area contributed by atoms with Crippen molar-refractivity contribution in [3.63, 3.8) is 0 Å². The first kappa shape index (κ1) is 15.9. The van der Waals surface area contributed by atoms with Crippen LogP contribution in [0.15, 0.2) is 15.7 Å². The first-order valence-corrected chi connectivity index (χ1v) is 9.64. The van der Waals surface area contributed by atoms with Crippen molar-refractivity contribution in [2.24, 2.45) is 0 Å². The standard InChI is InChI=1S/C14H24N2O2S2/c1-3-8-15-10-12-9-13(19-11-12)20(17,18)16-14(2)6-4-5-7-14/h9,11,15-16H,3-8,10H2,1-2H3. The number of thiophene rings is 1. The topological polar surface area (TPSA) is 58.2 Å². The van der Waals surface area contributed by atoms with E-state index < -0.39 is 10.0 Å². The quantitative estimate of drug-likeness (QED) is 0.761. The zero-order valence-electron chi connectivity index (χ0n) is 12.2. The Bertz CT molecular complexity index is 531. The molecule has 1 saturated carbocycles. The van der Waals surface area contributed by atoms with E-state index in [9.17, 15) is 8.42 Å². The maximum atomic E-state index is 12.4. The molecule has 0 spiro atoms. The van der Waals surface area contributed by atoms with Crippen LogP contribution in [0.1, 0.15) is 51.5 Å². The number of hydrogen-bond acceptors (Lipinski definition) is 4. The predicted molar refractivity (Wildman–Crippen MR) is 83.5 cm³/mol. The first-order valence-electron chi connectivity index (χ1n) is 7.27. The first-order chi connectivity index (χ1) is 9.45. The summed E-state index contributed by atoms with van der Waals surface area (Å²) in [6.45, 7) is 5.81. The Balaban J connectivity index is 2.02. The van der Waals surface area contributed by atoms with Crippen molar-refractivity contribution in [3.05, 3.63) is 17.0 Å². The maximum Gasteiger partial charge on any atom is 0.250 e. The second-order valence-corrected chi connectivity index (χ2v) is 8.64. The summed E-state index contributed by atoms with van der Waals surface area (Å²) in [7, 11) is -3.37. The summed E-state index contributed by atoms with van der Waals surface area (Å²) in [6.07, 6.45) is 5.16. The van der Waals surface area contributed by atoms with Crippen LogP contribution in [-0.4, -0.2) is 20.5 Å². The minimum Gasteiger partial charge on any atom is -0.313 e. The van der Waals surface area contributed by atoms with Crippen molar-refractivity contribution in [1.29, 1.82) is 0 Å².